The van der Waals surface area contributed by atoms with Crippen LogP contribution in [0.15, 0.2) is 42.5 Å². The van der Waals surface area contributed by atoms with Gasteiger partial charge in [-0.15, -0.1) is 0 Å². The Hall–Kier alpha value is -2.34. The van der Waals surface area contributed by atoms with E-state index in [4.69, 9.17) is 0 Å². The highest BCUT2D eigenvalue weighted by atomic mass is 16.2. The molecule has 3 heteroatoms. The summed E-state index contributed by atoms with van der Waals surface area (Å²) >= 11 is 0. The van der Waals surface area contributed by atoms with Gasteiger partial charge in [-0.2, -0.15) is 5.26 Å². The van der Waals surface area contributed by atoms with Crippen molar-refractivity contribution in [3.63, 3.8) is 0 Å². The topological polar surface area (TPSA) is 52.9 Å². The summed E-state index contributed by atoms with van der Waals surface area (Å²) in [4.78, 5) is 12.3. The molecule has 0 heterocycles. The average Bonchev–Trinajstić information content (AvgIpc) is 2.49. The van der Waals surface area contributed by atoms with Crippen LogP contribution in [0.4, 0.5) is 0 Å². The third kappa shape index (κ3) is 2.38. The molecular weight excluding hydrogens is 260 g/mol. The number of benzene rings is 2. The molecule has 1 aliphatic carbocycles. The lowest BCUT2D eigenvalue weighted by Crippen LogP contribution is -2.47. The zero-order valence-electron chi connectivity index (χ0n) is 12.1. The van der Waals surface area contributed by atoms with E-state index in [1.165, 1.54) is 0 Å². The van der Waals surface area contributed by atoms with E-state index in [2.05, 4.69) is 36.5 Å². The van der Waals surface area contributed by atoms with Gasteiger partial charge in [0, 0.05) is 6.54 Å². The highest BCUT2D eigenvalue weighted by Crippen LogP contribution is 2.45. The van der Waals surface area contributed by atoms with Crippen LogP contribution in [-0.4, -0.2) is 5.91 Å². The van der Waals surface area contributed by atoms with Crippen LogP contribution >= 0.6 is 0 Å². The predicted molar refractivity (Wildman–Crippen MR) is 82.2 cm³/mol. The summed E-state index contributed by atoms with van der Waals surface area (Å²) in [6.07, 6.45) is 1.34. The zero-order valence-corrected chi connectivity index (χ0v) is 12.1. The van der Waals surface area contributed by atoms with E-state index in [1.54, 1.807) is 0 Å². The van der Waals surface area contributed by atoms with Gasteiger partial charge in [0.2, 0.25) is 5.91 Å². The molecule has 2 aromatic carbocycles. The Morgan fingerprint density at radius 1 is 1.29 bits per heavy atom. The summed E-state index contributed by atoms with van der Waals surface area (Å²) in [7, 11) is 0. The largest absolute Gasteiger partial charge is 0.351 e. The summed E-state index contributed by atoms with van der Waals surface area (Å²) in [5, 5.41) is 14.5. The molecule has 2 aromatic rings. The maximum absolute atomic E-state index is 12.3. The number of hydrogen-bond acceptors (Lipinski definition) is 2. The van der Waals surface area contributed by atoms with Gasteiger partial charge in [-0.1, -0.05) is 49.4 Å². The maximum atomic E-state index is 12.3. The zero-order chi connectivity index (χ0) is 14.9. The first-order valence-electron chi connectivity index (χ1n) is 7.31. The summed E-state index contributed by atoms with van der Waals surface area (Å²) < 4.78 is 0. The monoisotopic (exact) mass is 278 g/mol. The van der Waals surface area contributed by atoms with Gasteiger partial charge in [-0.3, -0.25) is 4.79 Å². The van der Waals surface area contributed by atoms with Gasteiger partial charge in [0.25, 0.3) is 0 Å². The Morgan fingerprint density at radius 3 is 2.71 bits per heavy atom. The summed E-state index contributed by atoms with van der Waals surface area (Å²) in [6, 6.07) is 16.4. The minimum absolute atomic E-state index is 0.129. The summed E-state index contributed by atoms with van der Waals surface area (Å²) in [6.45, 7) is 2.55. The minimum Gasteiger partial charge on any atom is -0.351 e. The van der Waals surface area contributed by atoms with Gasteiger partial charge in [-0.05, 0) is 35.1 Å². The molecule has 0 radical (unpaired) electrons. The van der Waals surface area contributed by atoms with Gasteiger partial charge in [0.05, 0.1) is 6.07 Å². The first kappa shape index (κ1) is 13.6. The molecule has 1 fully saturated rings. The number of nitriles is 1. The molecule has 21 heavy (non-hydrogen) atoms. The van der Waals surface area contributed by atoms with Crippen molar-refractivity contribution >= 4 is 16.7 Å². The van der Waals surface area contributed by atoms with E-state index >= 15 is 0 Å². The number of fused-ring (bicyclic) bond motifs is 1. The standard InChI is InChI=1S/C18H18N2O/c1-13-9-18(10-13,12-19)17(21)20-11-15-7-4-6-14-5-2-3-8-16(14)15/h2-8,13H,9-11H2,1H3,(H,20,21). The lowest BCUT2D eigenvalue weighted by Gasteiger charge is -2.39. The van der Waals surface area contributed by atoms with E-state index in [1.807, 2.05) is 24.3 Å². The fourth-order valence-electron chi connectivity index (χ4n) is 3.25. The second-order valence-electron chi connectivity index (χ2n) is 6.03. The van der Waals surface area contributed by atoms with Crippen LogP contribution in [0.25, 0.3) is 10.8 Å². The highest BCUT2D eigenvalue weighted by molar-refractivity contribution is 5.88. The number of nitrogens with zero attached hydrogens (tertiary/aromatic N) is 1. The predicted octanol–water partition coefficient (Wildman–Crippen LogP) is 3.40. The molecule has 1 amide bonds. The molecule has 1 N–H and O–H groups in total. The number of amides is 1. The summed E-state index contributed by atoms with van der Waals surface area (Å²) in [5.41, 5.74) is 0.284. The molecule has 0 unspecified atom stereocenters. The highest BCUT2D eigenvalue weighted by Gasteiger charge is 2.48. The Bertz CT molecular complexity index is 718. The normalized spacial score (nSPS) is 24.1. The Balaban J connectivity index is 1.75. The van der Waals surface area contributed by atoms with Crippen molar-refractivity contribution in [2.75, 3.05) is 0 Å². The van der Waals surface area contributed by atoms with Crippen molar-refractivity contribution < 1.29 is 4.79 Å². The Labute approximate surface area is 124 Å². The second-order valence-corrected chi connectivity index (χ2v) is 6.03. The smallest absolute Gasteiger partial charge is 0.240 e. The minimum atomic E-state index is -0.802. The van der Waals surface area contributed by atoms with Crippen LogP contribution in [-0.2, 0) is 11.3 Å². The van der Waals surface area contributed by atoms with E-state index in [0.717, 1.165) is 16.3 Å². The number of hydrogen-bond donors (Lipinski definition) is 1. The fourth-order valence-corrected chi connectivity index (χ4v) is 3.25. The van der Waals surface area contributed by atoms with Crippen molar-refractivity contribution in [2.24, 2.45) is 11.3 Å². The first-order chi connectivity index (χ1) is 10.1. The molecule has 0 bridgehead atoms. The lowest BCUT2D eigenvalue weighted by molar-refractivity contribution is -0.134. The third-order valence-electron chi connectivity index (χ3n) is 4.36. The van der Waals surface area contributed by atoms with E-state index in [-0.39, 0.29) is 5.91 Å². The maximum Gasteiger partial charge on any atom is 0.240 e. The molecular formula is C18H18N2O. The SMILES string of the molecule is CC1CC(C#N)(C(=O)NCc2cccc3ccccc23)C1. The third-order valence-corrected chi connectivity index (χ3v) is 4.36. The van der Waals surface area contributed by atoms with Gasteiger partial charge in [-0.25, -0.2) is 0 Å². The van der Waals surface area contributed by atoms with Crippen molar-refractivity contribution in [3.8, 4) is 6.07 Å². The molecule has 3 rings (SSSR count). The van der Waals surface area contributed by atoms with Crippen LogP contribution in [0.5, 0.6) is 0 Å². The second kappa shape index (κ2) is 5.21. The van der Waals surface area contributed by atoms with Gasteiger partial charge >= 0.3 is 0 Å². The quantitative estimate of drug-likeness (QED) is 0.935. The van der Waals surface area contributed by atoms with Gasteiger partial charge in [0.15, 0.2) is 0 Å². The van der Waals surface area contributed by atoms with E-state index in [9.17, 15) is 10.1 Å². The van der Waals surface area contributed by atoms with Crippen LogP contribution in [0, 0.1) is 22.7 Å². The molecule has 106 valence electrons. The van der Waals surface area contributed by atoms with E-state index < -0.39 is 5.41 Å². The molecule has 0 atom stereocenters. The van der Waals surface area contributed by atoms with Crippen molar-refractivity contribution in [1.29, 1.82) is 5.26 Å². The molecule has 1 saturated carbocycles. The van der Waals surface area contributed by atoms with Gasteiger partial charge in [0.1, 0.15) is 5.41 Å². The fraction of sp³-hybridized carbons (Fsp3) is 0.333. The van der Waals surface area contributed by atoms with Gasteiger partial charge < -0.3 is 5.32 Å². The Morgan fingerprint density at radius 2 is 2.00 bits per heavy atom. The van der Waals surface area contributed by atoms with Crippen LogP contribution < -0.4 is 5.32 Å². The summed E-state index contributed by atoms with van der Waals surface area (Å²) in [5.74, 6) is 0.337. The lowest BCUT2D eigenvalue weighted by atomic mass is 9.63. The Kier molecular flexibility index (Phi) is 3.39. The molecule has 3 nitrogen and oxygen atoms in total. The van der Waals surface area contributed by atoms with Crippen LogP contribution in [0.1, 0.15) is 25.3 Å². The first-order valence-corrected chi connectivity index (χ1v) is 7.31. The van der Waals surface area contributed by atoms with Crippen molar-refractivity contribution in [3.05, 3.63) is 48.0 Å². The number of nitrogens with one attached hydrogen (secondary N) is 1. The molecule has 1 aliphatic rings. The van der Waals surface area contributed by atoms with Crippen LogP contribution in [0.2, 0.25) is 0 Å². The number of carbonyl (C=O) groups is 1. The number of carbonyl (C=O) groups excluding carboxylic acids is 1. The molecule has 0 aliphatic heterocycles. The van der Waals surface area contributed by atoms with E-state index in [0.29, 0.717) is 25.3 Å². The van der Waals surface area contributed by atoms with Crippen molar-refractivity contribution in [2.45, 2.75) is 26.3 Å². The molecule has 0 spiro atoms. The average molecular weight is 278 g/mol. The molecule has 0 saturated heterocycles. The van der Waals surface area contributed by atoms with Crippen LogP contribution in [0.3, 0.4) is 0 Å². The molecule has 0 aromatic heterocycles. The van der Waals surface area contributed by atoms with Crippen molar-refractivity contribution in [1.82, 2.24) is 5.32 Å². The number of rotatable bonds is 3.